The van der Waals surface area contributed by atoms with Crippen LogP contribution >= 0.6 is 11.5 Å². The maximum absolute atomic E-state index is 12.0. The fraction of sp³-hybridized carbons (Fsp3) is 0.714. The molecule has 1 aromatic rings. The van der Waals surface area contributed by atoms with Gasteiger partial charge in [0, 0.05) is 24.6 Å². The number of nitrogens with zero attached hydrogens (tertiary/aromatic N) is 4. The molecule has 0 radical (unpaired) electrons. The van der Waals surface area contributed by atoms with Crippen molar-refractivity contribution < 1.29 is 18.3 Å². The summed E-state index contributed by atoms with van der Waals surface area (Å²) >= 11 is 0.815. The van der Waals surface area contributed by atoms with Gasteiger partial charge >= 0.3 is 16.2 Å². The zero-order valence-electron chi connectivity index (χ0n) is 9.18. The molecule has 18 heavy (non-hydrogen) atoms. The number of anilines is 1. The zero-order chi connectivity index (χ0) is 13.2. The summed E-state index contributed by atoms with van der Waals surface area (Å²) in [5.74, 6) is -1.64. The molecule has 1 aliphatic rings. The van der Waals surface area contributed by atoms with E-state index in [1.54, 1.807) is 0 Å². The van der Waals surface area contributed by atoms with E-state index in [9.17, 15) is 13.2 Å². The maximum atomic E-state index is 12.0. The Morgan fingerprint density at radius 2 is 2.33 bits per heavy atom. The molecule has 11 heteroatoms. The lowest BCUT2D eigenvalue weighted by Gasteiger charge is -2.29. The maximum Gasteiger partial charge on any atom is 0.307 e. The summed E-state index contributed by atoms with van der Waals surface area (Å²) in [7, 11) is -3.78. The second-order valence-electron chi connectivity index (χ2n) is 3.81. The fourth-order valence-electron chi connectivity index (χ4n) is 1.71. The van der Waals surface area contributed by atoms with Gasteiger partial charge in [-0.25, -0.2) is 4.72 Å². The van der Waals surface area contributed by atoms with Crippen molar-refractivity contribution in [2.24, 2.45) is 5.92 Å². The van der Waals surface area contributed by atoms with Gasteiger partial charge in [0.2, 0.25) is 5.13 Å². The molecule has 1 aliphatic heterocycles. The molecular formula is C7H11N5O4S2. The molecule has 100 valence electrons. The third-order valence-corrected chi connectivity index (χ3v) is 4.69. The highest BCUT2D eigenvalue weighted by Crippen LogP contribution is 2.20. The van der Waals surface area contributed by atoms with Crippen molar-refractivity contribution in [2.75, 3.05) is 17.8 Å². The lowest BCUT2D eigenvalue weighted by atomic mass is 10.0. The van der Waals surface area contributed by atoms with E-state index in [2.05, 4.69) is 19.5 Å². The first kappa shape index (κ1) is 13.1. The van der Waals surface area contributed by atoms with Crippen LogP contribution in [0.5, 0.6) is 0 Å². The molecule has 1 saturated heterocycles. The Hall–Kier alpha value is -1.33. The average Bonchev–Trinajstić information content (AvgIpc) is 2.81. The van der Waals surface area contributed by atoms with Crippen LogP contribution in [0.25, 0.3) is 0 Å². The third kappa shape index (κ3) is 2.91. The molecule has 0 aromatic carbocycles. The van der Waals surface area contributed by atoms with Gasteiger partial charge in [-0.1, -0.05) is 9.59 Å². The van der Waals surface area contributed by atoms with E-state index >= 15 is 0 Å². The molecule has 0 bridgehead atoms. The van der Waals surface area contributed by atoms with Crippen LogP contribution < -0.4 is 4.72 Å². The topological polar surface area (TPSA) is 125 Å². The zero-order valence-corrected chi connectivity index (χ0v) is 10.8. The van der Waals surface area contributed by atoms with Gasteiger partial charge in [0.25, 0.3) is 0 Å². The van der Waals surface area contributed by atoms with Gasteiger partial charge in [-0.15, -0.1) is 0 Å². The SMILES string of the molecule is O=C(O)C1CCCN(S(=O)(=O)Nc2nnns2)C1. The number of aliphatic carboxylic acids is 1. The van der Waals surface area contributed by atoms with Gasteiger partial charge in [0.1, 0.15) is 0 Å². The Labute approximate surface area is 107 Å². The van der Waals surface area contributed by atoms with Gasteiger partial charge in [0.15, 0.2) is 0 Å². The summed E-state index contributed by atoms with van der Waals surface area (Å²) < 4.78 is 30.7. The number of carboxylic acids is 1. The molecule has 0 saturated carbocycles. The molecule has 1 unspecified atom stereocenters. The van der Waals surface area contributed by atoms with Crippen LogP contribution in [0.4, 0.5) is 5.13 Å². The molecule has 2 N–H and O–H groups in total. The lowest BCUT2D eigenvalue weighted by molar-refractivity contribution is -0.142. The van der Waals surface area contributed by atoms with Crippen molar-refractivity contribution >= 4 is 32.8 Å². The monoisotopic (exact) mass is 293 g/mol. The van der Waals surface area contributed by atoms with E-state index < -0.39 is 22.1 Å². The number of nitrogens with one attached hydrogen (secondary N) is 1. The van der Waals surface area contributed by atoms with Crippen molar-refractivity contribution in [3.8, 4) is 0 Å². The Morgan fingerprint density at radius 1 is 1.56 bits per heavy atom. The smallest absolute Gasteiger partial charge is 0.307 e. The van der Waals surface area contributed by atoms with E-state index in [-0.39, 0.29) is 11.7 Å². The summed E-state index contributed by atoms with van der Waals surface area (Å²) in [6.45, 7) is 0.266. The molecule has 0 spiro atoms. The number of piperidine rings is 1. The number of hydrogen-bond acceptors (Lipinski definition) is 7. The summed E-state index contributed by atoms with van der Waals surface area (Å²) in [5.41, 5.74) is 0. The normalized spacial score (nSPS) is 21.7. The van der Waals surface area contributed by atoms with Gasteiger partial charge in [-0.3, -0.25) is 4.79 Å². The van der Waals surface area contributed by atoms with Crippen LogP contribution in [0.3, 0.4) is 0 Å². The highest BCUT2D eigenvalue weighted by Gasteiger charge is 2.32. The summed E-state index contributed by atoms with van der Waals surface area (Å²) in [5, 5.41) is 15.7. The standard InChI is InChI=1S/C7H11N5O4S2/c13-6(14)5-2-1-3-12(4-5)18(15,16)9-7-8-10-11-17-7/h5H,1-4H2,(H,13,14)(H,8,9,11). The Balaban J connectivity index is 2.07. The second kappa shape index (κ2) is 5.12. The first-order valence-electron chi connectivity index (χ1n) is 5.15. The van der Waals surface area contributed by atoms with Gasteiger partial charge < -0.3 is 5.11 Å². The number of hydrogen-bond donors (Lipinski definition) is 2. The Kier molecular flexibility index (Phi) is 3.73. The van der Waals surface area contributed by atoms with Crippen LogP contribution in [0.1, 0.15) is 12.8 Å². The molecule has 9 nitrogen and oxygen atoms in total. The Morgan fingerprint density at radius 3 is 2.94 bits per heavy atom. The largest absolute Gasteiger partial charge is 0.481 e. The second-order valence-corrected chi connectivity index (χ2v) is 6.21. The predicted octanol–water partition coefficient (Wildman–Crippen LogP) is -0.614. The van der Waals surface area contributed by atoms with E-state index in [4.69, 9.17) is 5.11 Å². The predicted molar refractivity (Wildman–Crippen MR) is 62.2 cm³/mol. The van der Waals surface area contributed by atoms with Crippen molar-refractivity contribution in [1.29, 1.82) is 0 Å². The van der Waals surface area contributed by atoms with Gasteiger partial charge in [0.05, 0.1) is 5.92 Å². The van der Waals surface area contributed by atoms with Crippen molar-refractivity contribution in [2.45, 2.75) is 12.8 Å². The van der Waals surface area contributed by atoms with Crippen LogP contribution in [-0.2, 0) is 15.0 Å². The summed E-state index contributed by atoms with van der Waals surface area (Å²) in [6.07, 6.45) is 1.01. The third-order valence-electron chi connectivity index (χ3n) is 2.59. The number of aromatic nitrogens is 3. The molecule has 2 rings (SSSR count). The molecule has 0 aliphatic carbocycles. The van der Waals surface area contributed by atoms with Crippen molar-refractivity contribution in [3.05, 3.63) is 0 Å². The van der Waals surface area contributed by atoms with Gasteiger partial charge in [-0.05, 0) is 18.1 Å². The Bertz CT molecular complexity index is 516. The van der Waals surface area contributed by atoms with Crippen LogP contribution in [-0.4, -0.2) is 51.7 Å². The van der Waals surface area contributed by atoms with Gasteiger partial charge in [-0.2, -0.15) is 12.7 Å². The van der Waals surface area contributed by atoms with E-state index in [1.165, 1.54) is 0 Å². The molecule has 0 amide bonds. The molecular weight excluding hydrogens is 282 g/mol. The van der Waals surface area contributed by atoms with E-state index in [0.717, 1.165) is 15.8 Å². The average molecular weight is 293 g/mol. The first-order chi connectivity index (χ1) is 8.49. The van der Waals surface area contributed by atoms with E-state index in [0.29, 0.717) is 19.4 Å². The van der Waals surface area contributed by atoms with Crippen LogP contribution in [0, 0.1) is 5.92 Å². The van der Waals surface area contributed by atoms with Crippen LogP contribution in [0.15, 0.2) is 0 Å². The summed E-state index contributed by atoms with van der Waals surface area (Å²) in [4.78, 5) is 10.9. The van der Waals surface area contributed by atoms with Crippen molar-refractivity contribution in [3.63, 3.8) is 0 Å². The summed E-state index contributed by atoms with van der Waals surface area (Å²) in [6, 6.07) is 0. The lowest BCUT2D eigenvalue weighted by Crippen LogP contribution is -2.44. The molecule has 1 atom stereocenters. The first-order valence-corrected chi connectivity index (χ1v) is 7.36. The highest BCUT2D eigenvalue weighted by atomic mass is 32.2. The van der Waals surface area contributed by atoms with Crippen LogP contribution in [0.2, 0.25) is 0 Å². The highest BCUT2D eigenvalue weighted by molar-refractivity contribution is 7.90. The quantitative estimate of drug-likeness (QED) is 0.758. The van der Waals surface area contributed by atoms with Crippen molar-refractivity contribution in [1.82, 2.24) is 19.1 Å². The minimum atomic E-state index is -3.78. The number of carboxylic acid groups (broad SMARTS) is 1. The number of carbonyl (C=O) groups is 1. The van der Waals surface area contributed by atoms with E-state index in [1.807, 2.05) is 0 Å². The molecule has 2 heterocycles. The molecule has 1 aromatic heterocycles. The molecule has 1 fully saturated rings. The fourth-order valence-corrected chi connectivity index (χ4v) is 3.53. The minimum Gasteiger partial charge on any atom is -0.481 e. The number of rotatable bonds is 4. The minimum absolute atomic E-state index is 0.0309.